The third-order valence-electron chi connectivity index (χ3n) is 0.982. The monoisotopic (exact) mass is 181 g/mol. The summed E-state index contributed by atoms with van der Waals surface area (Å²) in [5.74, 6) is 0. The maximum absolute atomic E-state index is 10.2. The molecule has 0 amide bonds. The molecule has 60 valence electrons. The Kier molecular flexibility index (Phi) is 5.88. The van der Waals surface area contributed by atoms with Gasteiger partial charge in [-0.1, -0.05) is 19.1 Å². The molecule has 0 aliphatic heterocycles. The van der Waals surface area contributed by atoms with E-state index in [1.165, 1.54) is 0 Å². The Morgan fingerprint density at radius 1 is 1.80 bits per heavy atom. The van der Waals surface area contributed by atoms with Crippen LogP contribution in [0.4, 0.5) is 0 Å². The first-order valence-corrected chi connectivity index (χ1v) is 5.12. The molecule has 0 aliphatic rings. The number of hydrogen-bond donors (Lipinski definition) is 2. The fourth-order valence-corrected chi connectivity index (χ4v) is 0.875. The van der Waals surface area contributed by atoms with Crippen molar-refractivity contribution >= 4 is 25.2 Å². The Morgan fingerprint density at radius 3 is 2.80 bits per heavy atom. The van der Waals surface area contributed by atoms with E-state index in [-0.39, 0.29) is 0 Å². The molecule has 0 radical (unpaired) electrons. The highest BCUT2D eigenvalue weighted by Gasteiger charge is 1.93. The van der Waals surface area contributed by atoms with Gasteiger partial charge in [0.2, 0.25) is 0 Å². The highest BCUT2D eigenvalue weighted by Crippen LogP contribution is 2.09. The van der Waals surface area contributed by atoms with E-state index in [1.54, 1.807) is 0 Å². The topological polar surface area (TPSA) is 49.3 Å². The summed E-state index contributed by atoms with van der Waals surface area (Å²) >= 11 is 4.82. The number of nitrogens with one attached hydrogen (secondary N) is 1. The molecule has 0 rings (SSSR count). The van der Waals surface area contributed by atoms with Gasteiger partial charge in [0.25, 0.3) is 0 Å². The van der Waals surface area contributed by atoms with E-state index in [9.17, 15) is 4.57 Å². The minimum Gasteiger partial charge on any atom is -0.379 e. The van der Waals surface area contributed by atoms with Crippen molar-refractivity contribution in [1.29, 1.82) is 0 Å². The molecule has 0 spiro atoms. The summed E-state index contributed by atoms with van der Waals surface area (Å²) in [6.45, 7) is 2.46. The van der Waals surface area contributed by atoms with Crippen molar-refractivity contribution in [3.05, 3.63) is 0 Å². The lowest BCUT2D eigenvalue weighted by Gasteiger charge is -2.02. The second kappa shape index (κ2) is 5.83. The summed E-state index contributed by atoms with van der Waals surface area (Å²) in [6, 6.07) is 0. The quantitative estimate of drug-likeness (QED) is 0.497. The van der Waals surface area contributed by atoms with Gasteiger partial charge in [0.1, 0.15) is 0 Å². The van der Waals surface area contributed by atoms with Crippen LogP contribution in [0.1, 0.15) is 13.3 Å². The van der Waals surface area contributed by atoms with Gasteiger partial charge in [0.05, 0.1) is 4.99 Å². The van der Waals surface area contributed by atoms with Gasteiger partial charge in [-0.2, -0.15) is 0 Å². The van der Waals surface area contributed by atoms with Crippen molar-refractivity contribution in [2.24, 2.45) is 0 Å². The van der Waals surface area contributed by atoms with Crippen molar-refractivity contribution in [3.63, 3.8) is 0 Å². The lowest BCUT2D eigenvalue weighted by Crippen LogP contribution is -2.22. The molecule has 1 unspecified atom stereocenters. The SMILES string of the molecule is CCC(=S)NCC[PH](=O)O. The zero-order valence-electron chi connectivity index (χ0n) is 5.89. The molecule has 2 N–H and O–H groups in total. The van der Waals surface area contributed by atoms with Crippen molar-refractivity contribution < 1.29 is 9.46 Å². The van der Waals surface area contributed by atoms with E-state index in [0.717, 1.165) is 11.4 Å². The van der Waals surface area contributed by atoms with Crippen LogP contribution in [0.5, 0.6) is 0 Å². The summed E-state index contributed by atoms with van der Waals surface area (Å²) in [5, 5.41) is 2.86. The van der Waals surface area contributed by atoms with Gasteiger partial charge >= 0.3 is 0 Å². The zero-order chi connectivity index (χ0) is 7.98. The lowest BCUT2D eigenvalue weighted by molar-refractivity contribution is 0.502. The van der Waals surface area contributed by atoms with Gasteiger partial charge < -0.3 is 10.2 Å². The Labute approximate surface area is 66.7 Å². The van der Waals surface area contributed by atoms with Gasteiger partial charge in [-0.3, -0.25) is 4.57 Å². The van der Waals surface area contributed by atoms with Gasteiger partial charge in [0, 0.05) is 12.7 Å². The second-order valence-electron chi connectivity index (χ2n) is 1.85. The molecule has 0 aliphatic carbocycles. The fraction of sp³-hybridized carbons (Fsp3) is 0.800. The standard InChI is InChI=1S/C5H12NO2PS/c1-2-5(10)6-3-4-9(7)8/h9H,2-4H2,1H3,(H,6,10)(H,7,8). The van der Waals surface area contributed by atoms with Crippen LogP contribution in [0.2, 0.25) is 0 Å². The minimum atomic E-state index is -2.31. The summed E-state index contributed by atoms with van der Waals surface area (Å²) in [4.78, 5) is 9.15. The first-order valence-electron chi connectivity index (χ1n) is 3.15. The van der Waals surface area contributed by atoms with Crippen LogP contribution in [0, 0.1) is 0 Å². The summed E-state index contributed by atoms with van der Waals surface area (Å²) in [7, 11) is -2.31. The summed E-state index contributed by atoms with van der Waals surface area (Å²) in [6.07, 6.45) is 1.10. The largest absolute Gasteiger partial charge is 0.379 e. The summed E-state index contributed by atoms with van der Waals surface area (Å²) in [5.41, 5.74) is 0. The smallest absolute Gasteiger partial charge is 0.190 e. The molecule has 0 bridgehead atoms. The molecule has 0 saturated carbocycles. The minimum absolute atomic E-state index is 0.310. The molecule has 0 fully saturated rings. The van der Waals surface area contributed by atoms with E-state index in [1.807, 2.05) is 6.92 Å². The third kappa shape index (κ3) is 6.20. The normalized spacial score (nSPS) is 12.6. The average molecular weight is 181 g/mol. The maximum Gasteiger partial charge on any atom is 0.190 e. The Hall–Kier alpha value is 0.0800. The predicted octanol–water partition coefficient (Wildman–Crippen LogP) is 0.780. The Bertz CT molecular complexity index is 140. The fourth-order valence-electron chi connectivity index (χ4n) is 0.434. The number of hydrogen-bond acceptors (Lipinski definition) is 2. The van der Waals surface area contributed by atoms with E-state index in [4.69, 9.17) is 17.1 Å². The highest BCUT2D eigenvalue weighted by atomic mass is 32.1. The lowest BCUT2D eigenvalue weighted by atomic mass is 10.5. The van der Waals surface area contributed by atoms with Crippen LogP contribution < -0.4 is 5.32 Å². The van der Waals surface area contributed by atoms with Gasteiger partial charge in [0.15, 0.2) is 8.03 Å². The number of thiocarbonyl (C=S) groups is 1. The molecule has 0 aromatic rings. The van der Waals surface area contributed by atoms with Crippen molar-refractivity contribution in [1.82, 2.24) is 5.32 Å². The number of rotatable bonds is 4. The molecule has 0 aromatic carbocycles. The first-order chi connectivity index (χ1) is 4.66. The van der Waals surface area contributed by atoms with Crippen molar-refractivity contribution in [2.45, 2.75) is 13.3 Å². The average Bonchev–Trinajstić information content (AvgIpc) is 1.87. The molecule has 0 aromatic heterocycles. The van der Waals surface area contributed by atoms with E-state index < -0.39 is 8.03 Å². The van der Waals surface area contributed by atoms with Gasteiger partial charge in [-0.15, -0.1) is 0 Å². The molecule has 10 heavy (non-hydrogen) atoms. The first kappa shape index (κ1) is 10.1. The second-order valence-corrected chi connectivity index (χ2v) is 3.63. The van der Waals surface area contributed by atoms with Crippen molar-refractivity contribution in [2.75, 3.05) is 12.7 Å². The highest BCUT2D eigenvalue weighted by molar-refractivity contribution is 7.80. The van der Waals surface area contributed by atoms with Gasteiger partial charge in [-0.25, -0.2) is 0 Å². The van der Waals surface area contributed by atoms with Crippen LogP contribution >= 0.6 is 20.2 Å². The van der Waals surface area contributed by atoms with E-state index in [0.29, 0.717) is 12.7 Å². The van der Waals surface area contributed by atoms with Crippen LogP contribution in [0.25, 0.3) is 0 Å². The molecule has 3 nitrogen and oxygen atoms in total. The van der Waals surface area contributed by atoms with Crippen molar-refractivity contribution in [3.8, 4) is 0 Å². The predicted molar refractivity (Wildman–Crippen MR) is 47.0 cm³/mol. The van der Waals surface area contributed by atoms with Crippen LogP contribution in [-0.2, 0) is 4.57 Å². The zero-order valence-corrected chi connectivity index (χ0v) is 7.70. The molecular formula is C5H12NO2PS. The molecule has 1 atom stereocenters. The molecular weight excluding hydrogens is 169 g/mol. The Balaban J connectivity index is 3.20. The van der Waals surface area contributed by atoms with E-state index >= 15 is 0 Å². The van der Waals surface area contributed by atoms with Crippen LogP contribution in [0.15, 0.2) is 0 Å². The van der Waals surface area contributed by atoms with Crippen LogP contribution in [-0.4, -0.2) is 22.6 Å². The van der Waals surface area contributed by atoms with Crippen LogP contribution in [0.3, 0.4) is 0 Å². The maximum atomic E-state index is 10.2. The Morgan fingerprint density at radius 2 is 2.40 bits per heavy atom. The van der Waals surface area contributed by atoms with E-state index in [2.05, 4.69) is 5.32 Å². The molecule has 0 saturated heterocycles. The van der Waals surface area contributed by atoms with Gasteiger partial charge in [-0.05, 0) is 6.42 Å². The summed E-state index contributed by atoms with van der Waals surface area (Å²) < 4.78 is 10.2. The third-order valence-corrected chi connectivity index (χ3v) is 2.09. The molecule has 5 heteroatoms. The molecule has 0 heterocycles.